The highest BCUT2D eigenvalue weighted by Crippen LogP contribution is 2.16. The summed E-state index contributed by atoms with van der Waals surface area (Å²) in [4.78, 5) is 38.3. The summed E-state index contributed by atoms with van der Waals surface area (Å²) >= 11 is 0. The minimum atomic E-state index is -0.800. The summed E-state index contributed by atoms with van der Waals surface area (Å²) in [6, 6.07) is 0. The Kier molecular flexibility index (Phi) is 58.7. The van der Waals surface area contributed by atoms with Crippen LogP contribution in [0, 0.1) is 0 Å². The van der Waals surface area contributed by atoms with Gasteiger partial charge in [0.05, 0.1) is 0 Å². The maximum absolute atomic E-state index is 12.9. The number of esters is 3. The molecular weight excluding hydrogens is 901 g/mol. The fraction of sp³-hybridized carbons (Fsp3) is 0.776. The van der Waals surface area contributed by atoms with Crippen LogP contribution in [-0.2, 0) is 28.6 Å². The van der Waals surface area contributed by atoms with E-state index in [4.69, 9.17) is 14.2 Å². The largest absolute Gasteiger partial charge is 0.462 e. The molecule has 0 bridgehead atoms. The van der Waals surface area contributed by atoms with Gasteiger partial charge in [0, 0.05) is 19.3 Å². The van der Waals surface area contributed by atoms with E-state index in [-0.39, 0.29) is 37.5 Å². The topological polar surface area (TPSA) is 78.9 Å². The molecular formula is C67H118O6. The summed E-state index contributed by atoms with van der Waals surface area (Å²) in [5.74, 6) is -0.942. The van der Waals surface area contributed by atoms with Gasteiger partial charge >= 0.3 is 17.9 Å². The van der Waals surface area contributed by atoms with Crippen molar-refractivity contribution in [3.63, 3.8) is 0 Å². The number of unbranched alkanes of at least 4 members (excludes halogenated alkanes) is 34. The van der Waals surface area contributed by atoms with Gasteiger partial charge in [0.2, 0.25) is 0 Å². The Morgan fingerprint density at radius 1 is 0.274 bits per heavy atom. The zero-order valence-corrected chi connectivity index (χ0v) is 48.4. The van der Waals surface area contributed by atoms with Crippen LogP contribution < -0.4 is 0 Å². The lowest BCUT2D eigenvalue weighted by Gasteiger charge is -2.18. The van der Waals surface area contributed by atoms with Crippen LogP contribution in [0.15, 0.2) is 72.9 Å². The standard InChI is InChI=1S/C67H118O6/c1-4-7-10-13-16-19-22-25-28-31-33-36-39-42-45-48-51-54-57-60-66(69)72-63-64(62-71-65(68)59-56-53-50-47-44-41-38-35-30-27-24-21-18-15-12-9-6-3)73-67(70)61-58-55-52-49-46-43-40-37-34-32-29-26-23-20-17-14-11-8-5-2/h18,21,25-30,38,41,47,50,64H,4-17,19-20,22-24,31-37,39-40,42-46,48-49,51-63H2,1-3H3/b21-18+,28-25+,29-26+,30-27+,41-38+,50-47+/t64-/m1/s1. The van der Waals surface area contributed by atoms with Crippen molar-refractivity contribution in [2.45, 2.75) is 322 Å². The Labute approximate surface area is 453 Å². The first-order chi connectivity index (χ1) is 36.0. The minimum Gasteiger partial charge on any atom is -0.462 e. The molecule has 0 unspecified atom stereocenters. The molecule has 73 heavy (non-hydrogen) atoms. The van der Waals surface area contributed by atoms with Crippen molar-refractivity contribution in [2.75, 3.05) is 13.2 Å². The second-order valence-corrected chi connectivity index (χ2v) is 21.0. The van der Waals surface area contributed by atoms with E-state index in [1.165, 1.54) is 205 Å². The van der Waals surface area contributed by atoms with Crippen LogP contribution in [0.2, 0.25) is 0 Å². The van der Waals surface area contributed by atoms with E-state index in [0.29, 0.717) is 19.3 Å². The normalized spacial score (nSPS) is 12.5. The molecule has 0 aromatic carbocycles. The molecule has 1 atom stereocenters. The summed E-state index contributed by atoms with van der Waals surface area (Å²) in [6.45, 7) is 6.59. The molecule has 0 heterocycles. The monoisotopic (exact) mass is 1020 g/mol. The first-order valence-corrected chi connectivity index (χ1v) is 31.4. The van der Waals surface area contributed by atoms with Gasteiger partial charge in [0.25, 0.3) is 0 Å². The summed E-state index contributed by atoms with van der Waals surface area (Å²) in [5.41, 5.74) is 0. The molecule has 0 fully saturated rings. The van der Waals surface area contributed by atoms with Crippen LogP contribution in [0.1, 0.15) is 316 Å². The minimum absolute atomic E-state index is 0.0928. The Morgan fingerprint density at radius 2 is 0.507 bits per heavy atom. The number of allylic oxidation sites excluding steroid dienone is 12. The maximum atomic E-state index is 12.9. The fourth-order valence-electron chi connectivity index (χ4n) is 8.90. The van der Waals surface area contributed by atoms with Crippen molar-refractivity contribution in [2.24, 2.45) is 0 Å². The molecule has 0 aromatic rings. The number of carbonyl (C=O) groups is 3. The van der Waals surface area contributed by atoms with Crippen LogP contribution in [-0.4, -0.2) is 37.2 Å². The molecule has 0 aromatic heterocycles. The third-order valence-electron chi connectivity index (χ3n) is 13.7. The molecule has 6 nitrogen and oxygen atoms in total. The van der Waals surface area contributed by atoms with Gasteiger partial charge in [0.1, 0.15) is 13.2 Å². The van der Waals surface area contributed by atoms with Gasteiger partial charge in [-0.05, 0) is 109 Å². The molecule has 6 heteroatoms. The zero-order chi connectivity index (χ0) is 52.9. The van der Waals surface area contributed by atoms with E-state index in [1.54, 1.807) is 0 Å². The molecule has 0 amide bonds. The predicted molar refractivity (Wildman–Crippen MR) is 316 cm³/mol. The summed E-state index contributed by atoms with van der Waals surface area (Å²) in [7, 11) is 0. The smallest absolute Gasteiger partial charge is 0.306 e. The van der Waals surface area contributed by atoms with Crippen molar-refractivity contribution in [3.05, 3.63) is 72.9 Å². The van der Waals surface area contributed by atoms with Crippen molar-refractivity contribution < 1.29 is 28.6 Å². The highest BCUT2D eigenvalue weighted by molar-refractivity contribution is 5.71. The number of ether oxygens (including phenoxy) is 3. The summed E-state index contributed by atoms with van der Waals surface area (Å²) in [5, 5.41) is 0. The molecule has 0 radical (unpaired) electrons. The molecule has 0 aliphatic carbocycles. The van der Waals surface area contributed by atoms with Gasteiger partial charge in [-0.3, -0.25) is 14.4 Å². The average Bonchev–Trinajstić information content (AvgIpc) is 3.39. The SMILES string of the molecule is CCCCC/C=C/C/C=C/C/C=C/C/C=C/CCCC(=O)OC[C@H](COC(=O)CCCCCCCCCCC/C=C/CCCCCCCC)OC(=O)CCCCCCCCCCC/C=C/CCCCCCCC. The first-order valence-electron chi connectivity index (χ1n) is 31.4. The lowest BCUT2D eigenvalue weighted by Crippen LogP contribution is -2.30. The third-order valence-corrected chi connectivity index (χ3v) is 13.7. The molecule has 422 valence electrons. The van der Waals surface area contributed by atoms with Crippen molar-refractivity contribution in [3.8, 4) is 0 Å². The van der Waals surface area contributed by atoms with E-state index in [2.05, 4.69) is 93.7 Å². The first kappa shape index (κ1) is 69.8. The van der Waals surface area contributed by atoms with Crippen LogP contribution >= 0.6 is 0 Å². The van der Waals surface area contributed by atoms with Crippen molar-refractivity contribution >= 4 is 17.9 Å². The molecule has 0 saturated carbocycles. The molecule has 0 aliphatic rings. The highest BCUT2D eigenvalue weighted by Gasteiger charge is 2.19. The van der Waals surface area contributed by atoms with E-state index in [9.17, 15) is 14.4 Å². The van der Waals surface area contributed by atoms with Gasteiger partial charge in [0.15, 0.2) is 6.10 Å². The average molecular weight is 1020 g/mol. The van der Waals surface area contributed by atoms with Crippen molar-refractivity contribution in [1.82, 2.24) is 0 Å². The van der Waals surface area contributed by atoms with E-state index >= 15 is 0 Å². The van der Waals surface area contributed by atoms with Gasteiger partial charge in [-0.1, -0.05) is 261 Å². The van der Waals surface area contributed by atoms with Gasteiger partial charge < -0.3 is 14.2 Å². The van der Waals surface area contributed by atoms with Gasteiger partial charge in [-0.15, -0.1) is 0 Å². The van der Waals surface area contributed by atoms with Crippen LogP contribution in [0.5, 0.6) is 0 Å². The lowest BCUT2D eigenvalue weighted by atomic mass is 10.1. The van der Waals surface area contributed by atoms with Gasteiger partial charge in [-0.2, -0.15) is 0 Å². The number of hydrogen-bond acceptors (Lipinski definition) is 6. The van der Waals surface area contributed by atoms with Gasteiger partial charge in [-0.25, -0.2) is 0 Å². The number of carbonyl (C=O) groups excluding carboxylic acids is 3. The maximum Gasteiger partial charge on any atom is 0.306 e. The second kappa shape index (κ2) is 61.4. The Balaban J connectivity index is 4.44. The second-order valence-electron chi connectivity index (χ2n) is 21.0. The number of hydrogen-bond donors (Lipinski definition) is 0. The van der Waals surface area contributed by atoms with Crippen LogP contribution in [0.3, 0.4) is 0 Å². The van der Waals surface area contributed by atoms with Crippen LogP contribution in [0.25, 0.3) is 0 Å². The van der Waals surface area contributed by atoms with E-state index < -0.39 is 6.10 Å². The Bertz CT molecular complexity index is 1360. The fourth-order valence-corrected chi connectivity index (χ4v) is 8.90. The predicted octanol–water partition coefficient (Wildman–Crippen LogP) is 21.3. The third kappa shape index (κ3) is 59.6. The summed E-state index contributed by atoms with van der Waals surface area (Å²) < 4.78 is 16.9. The Hall–Kier alpha value is -3.15. The van der Waals surface area contributed by atoms with Crippen LogP contribution in [0.4, 0.5) is 0 Å². The molecule has 0 aliphatic heterocycles. The highest BCUT2D eigenvalue weighted by atomic mass is 16.6. The molecule has 0 rings (SSSR count). The van der Waals surface area contributed by atoms with Crippen molar-refractivity contribution in [1.29, 1.82) is 0 Å². The zero-order valence-electron chi connectivity index (χ0n) is 48.4. The molecule has 0 spiro atoms. The quantitative estimate of drug-likeness (QED) is 0.0261. The number of rotatable bonds is 57. The molecule has 0 N–H and O–H groups in total. The van der Waals surface area contributed by atoms with E-state index in [0.717, 1.165) is 64.2 Å². The summed E-state index contributed by atoms with van der Waals surface area (Å²) in [6.07, 6.45) is 79.0. The molecule has 0 saturated heterocycles. The Morgan fingerprint density at radius 3 is 0.863 bits per heavy atom. The van der Waals surface area contributed by atoms with E-state index in [1.807, 2.05) is 0 Å². The lowest BCUT2D eigenvalue weighted by molar-refractivity contribution is -0.167.